The van der Waals surface area contributed by atoms with Gasteiger partial charge in [0.15, 0.2) is 11.8 Å². The van der Waals surface area contributed by atoms with Crippen LogP contribution in [0.25, 0.3) is 0 Å². The van der Waals surface area contributed by atoms with E-state index in [1.165, 1.54) is 0 Å². The quantitative estimate of drug-likeness (QED) is 0.656. The Bertz CT molecular complexity index is 443. The van der Waals surface area contributed by atoms with Crippen molar-refractivity contribution in [3.63, 3.8) is 0 Å². The second-order valence-corrected chi connectivity index (χ2v) is 5.42. The summed E-state index contributed by atoms with van der Waals surface area (Å²) in [5.41, 5.74) is 2.14. The van der Waals surface area contributed by atoms with Gasteiger partial charge in [0, 0.05) is 5.92 Å². The molecule has 1 unspecified atom stereocenters. The summed E-state index contributed by atoms with van der Waals surface area (Å²) in [6.45, 7) is 2.26. The summed E-state index contributed by atoms with van der Waals surface area (Å²) in [5, 5.41) is 0. The third-order valence-electron chi connectivity index (χ3n) is 3.67. The number of fused-ring (bicyclic) bond motifs is 1. The summed E-state index contributed by atoms with van der Waals surface area (Å²) in [6, 6.07) is 0. The molecule has 0 N–H and O–H groups in total. The number of rotatable bonds is 1. The molecule has 0 bridgehead atoms. The molecule has 1 fully saturated rings. The molecular formula is C12H16ClN4+. The van der Waals surface area contributed by atoms with E-state index < -0.39 is 0 Å². The molecule has 0 aromatic carbocycles. The van der Waals surface area contributed by atoms with E-state index in [2.05, 4.69) is 21.9 Å². The zero-order valence-corrected chi connectivity index (χ0v) is 10.6. The molecule has 0 radical (unpaired) electrons. The van der Waals surface area contributed by atoms with Crippen LogP contribution in [0, 0.1) is 5.92 Å². The Balaban J connectivity index is 1.89. The molecule has 17 heavy (non-hydrogen) atoms. The van der Waals surface area contributed by atoms with Crippen molar-refractivity contribution >= 4 is 24.3 Å². The van der Waals surface area contributed by atoms with Crippen molar-refractivity contribution in [3.05, 3.63) is 23.8 Å². The monoisotopic (exact) mass is 251 g/mol. The van der Waals surface area contributed by atoms with Gasteiger partial charge >= 0.3 is 0 Å². The van der Waals surface area contributed by atoms with Gasteiger partial charge in [0.2, 0.25) is 12.0 Å². The minimum Gasteiger partial charge on any atom is -0.306 e. The van der Waals surface area contributed by atoms with Crippen LogP contribution < -0.4 is 0 Å². The molecular weight excluding hydrogens is 236 g/mol. The second-order valence-electron chi connectivity index (χ2n) is 4.86. The zero-order chi connectivity index (χ0) is 11.9. The lowest BCUT2D eigenvalue weighted by Crippen LogP contribution is -2.32. The smallest absolute Gasteiger partial charge is 0.218 e. The molecule has 3 heterocycles. The molecule has 0 aromatic rings. The molecule has 1 saturated heterocycles. The highest BCUT2D eigenvalue weighted by Gasteiger charge is 2.40. The van der Waals surface area contributed by atoms with Crippen LogP contribution in [0.5, 0.6) is 0 Å². The van der Waals surface area contributed by atoms with Crippen molar-refractivity contribution < 1.29 is 4.00 Å². The number of likely N-dealkylation sites (tertiary alicyclic amines) is 1. The van der Waals surface area contributed by atoms with Crippen molar-refractivity contribution in [3.8, 4) is 0 Å². The number of piperidine rings is 1. The minimum absolute atomic E-state index is 0.158. The standard InChI is InChI=1S/C12H16ClN4/c1-16-5-2-10(3-6-16)12-11-8-14-4-7-17(11,13)9-15-12/h4,7-10H,2-3,5-6H2,1H3/q+1. The van der Waals surface area contributed by atoms with Crippen molar-refractivity contribution in [2.45, 2.75) is 12.8 Å². The molecule has 0 spiro atoms. The Hall–Kier alpha value is -0.970. The number of halogens is 1. The molecule has 5 heteroatoms. The Morgan fingerprint density at radius 1 is 1.41 bits per heavy atom. The van der Waals surface area contributed by atoms with E-state index in [4.69, 9.17) is 11.8 Å². The highest BCUT2D eigenvalue weighted by molar-refractivity contribution is 6.14. The molecule has 0 saturated carbocycles. The predicted molar refractivity (Wildman–Crippen MR) is 69.5 cm³/mol. The lowest BCUT2D eigenvalue weighted by atomic mass is 9.93. The highest BCUT2D eigenvalue weighted by atomic mass is 35.5. The third kappa shape index (κ3) is 1.86. The summed E-state index contributed by atoms with van der Waals surface area (Å²) in [6.07, 6.45) is 9.50. The lowest BCUT2D eigenvalue weighted by Gasteiger charge is -2.28. The van der Waals surface area contributed by atoms with Crippen LogP contribution in [0.3, 0.4) is 0 Å². The molecule has 4 nitrogen and oxygen atoms in total. The highest BCUT2D eigenvalue weighted by Crippen LogP contribution is 2.37. The van der Waals surface area contributed by atoms with Gasteiger partial charge < -0.3 is 4.90 Å². The third-order valence-corrected chi connectivity index (χ3v) is 4.05. The van der Waals surface area contributed by atoms with E-state index in [0.29, 0.717) is 5.92 Å². The summed E-state index contributed by atoms with van der Waals surface area (Å²) in [7, 11) is 2.17. The number of quaternary nitrogens is 1. The number of nitrogens with zero attached hydrogens (tertiary/aromatic N) is 4. The van der Waals surface area contributed by atoms with Gasteiger partial charge in [-0.05, 0) is 33.0 Å². The topological polar surface area (TPSA) is 28.0 Å². The van der Waals surface area contributed by atoms with E-state index in [0.717, 1.165) is 37.3 Å². The Labute approximate surface area is 106 Å². The molecule has 0 aliphatic carbocycles. The van der Waals surface area contributed by atoms with Gasteiger partial charge in [0.25, 0.3) is 0 Å². The largest absolute Gasteiger partial charge is 0.306 e. The first kappa shape index (κ1) is 11.1. The molecule has 0 amide bonds. The maximum absolute atomic E-state index is 6.46. The van der Waals surface area contributed by atoms with Crippen molar-refractivity contribution in [2.75, 3.05) is 20.1 Å². The fourth-order valence-electron chi connectivity index (χ4n) is 2.57. The summed E-state index contributed by atoms with van der Waals surface area (Å²) < 4.78 is 0.158. The number of aliphatic imine (C=N–C) groups is 2. The normalized spacial score (nSPS) is 33.5. The number of allylic oxidation sites excluding steroid dienone is 2. The van der Waals surface area contributed by atoms with E-state index in [9.17, 15) is 0 Å². The first-order chi connectivity index (χ1) is 8.19. The van der Waals surface area contributed by atoms with Crippen LogP contribution in [0.15, 0.2) is 33.8 Å². The van der Waals surface area contributed by atoms with Gasteiger partial charge in [0.05, 0.1) is 12.4 Å². The fraction of sp³-hybridized carbons (Fsp3) is 0.500. The summed E-state index contributed by atoms with van der Waals surface area (Å²) >= 11 is 6.46. The van der Waals surface area contributed by atoms with Crippen molar-refractivity contribution in [1.29, 1.82) is 0 Å². The average Bonchev–Trinajstić information content (AvgIpc) is 2.68. The summed E-state index contributed by atoms with van der Waals surface area (Å²) in [5.74, 6) is 0.522. The van der Waals surface area contributed by atoms with Gasteiger partial charge in [-0.15, -0.1) is 4.00 Å². The van der Waals surface area contributed by atoms with Crippen LogP contribution >= 0.6 is 11.8 Å². The van der Waals surface area contributed by atoms with Crippen LogP contribution in [-0.2, 0) is 0 Å². The molecule has 3 aliphatic heterocycles. The van der Waals surface area contributed by atoms with Crippen LogP contribution in [0.1, 0.15) is 12.8 Å². The predicted octanol–water partition coefficient (Wildman–Crippen LogP) is 2.11. The lowest BCUT2D eigenvalue weighted by molar-refractivity contribution is -0.592. The van der Waals surface area contributed by atoms with Crippen LogP contribution in [-0.4, -0.2) is 41.6 Å². The Morgan fingerprint density at radius 2 is 2.18 bits per heavy atom. The van der Waals surface area contributed by atoms with Gasteiger partial charge in [0.1, 0.15) is 11.9 Å². The average molecular weight is 252 g/mol. The maximum atomic E-state index is 6.46. The summed E-state index contributed by atoms with van der Waals surface area (Å²) in [4.78, 5) is 11.1. The minimum atomic E-state index is 0.158. The van der Waals surface area contributed by atoms with Crippen molar-refractivity contribution in [1.82, 2.24) is 4.90 Å². The van der Waals surface area contributed by atoms with Crippen LogP contribution in [0.4, 0.5) is 0 Å². The first-order valence-corrected chi connectivity index (χ1v) is 6.30. The molecule has 0 aromatic heterocycles. The number of hydrogen-bond donors (Lipinski definition) is 0. The SMILES string of the molecule is CN1CCC(C2=C3C=NC=C[N+]3(Cl)C=N2)CC1. The zero-order valence-electron chi connectivity index (χ0n) is 9.88. The Kier molecular flexibility index (Phi) is 2.65. The molecule has 3 rings (SSSR count). The van der Waals surface area contributed by atoms with Gasteiger partial charge in [-0.2, -0.15) is 4.99 Å². The molecule has 1 atom stereocenters. The Morgan fingerprint density at radius 3 is 2.94 bits per heavy atom. The van der Waals surface area contributed by atoms with E-state index >= 15 is 0 Å². The first-order valence-electron chi connectivity index (χ1n) is 5.96. The fourth-order valence-corrected chi connectivity index (χ4v) is 2.79. The molecule has 3 aliphatic rings. The maximum Gasteiger partial charge on any atom is 0.218 e. The van der Waals surface area contributed by atoms with Crippen LogP contribution in [0.2, 0.25) is 0 Å². The van der Waals surface area contributed by atoms with Gasteiger partial charge in [-0.3, -0.25) is 4.99 Å². The van der Waals surface area contributed by atoms with E-state index in [1.54, 1.807) is 12.5 Å². The van der Waals surface area contributed by atoms with Gasteiger partial charge in [-0.25, -0.2) is 0 Å². The second kappa shape index (κ2) is 4.05. The molecule has 90 valence electrons. The van der Waals surface area contributed by atoms with Crippen molar-refractivity contribution in [2.24, 2.45) is 15.9 Å². The van der Waals surface area contributed by atoms with E-state index in [-0.39, 0.29) is 4.00 Å². The number of hydrogen-bond acceptors (Lipinski definition) is 3. The van der Waals surface area contributed by atoms with Gasteiger partial charge in [-0.1, -0.05) is 0 Å². The van der Waals surface area contributed by atoms with E-state index in [1.807, 2.05) is 12.4 Å².